The van der Waals surface area contributed by atoms with Gasteiger partial charge in [0.25, 0.3) is 7.82 Å². The van der Waals surface area contributed by atoms with Gasteiger partial charge in [-0.15, -0.1) is 0 Å². The Morgan fingerprint density at radius 1 is 0.589 bits per heavy atom. The minimum Gasteiger partial charge on any atom is -0.756 e. The monoisotopic (exact) mass is 802 g/mol. The summed E-state index contributed by atoms with van der Waals surface area (Å²) in [6, 6.07) is 0. The minimum absolute atomic E-state index is 0.0476. The zero-order valence-electron chi connectivity index (χ0n) is 35.5. The van der Waals surface area contributed by atoms with E-state index in [9.17, 15) is 19.0 Å². The van der Waals surface area contributed by atoms with Crippen LogP contribution in [0.1, 0.15) is 129 Å². The van der Waals surface area contributed by atoms with Crippen LogP contribution in [0.2, 0.25) is 0 Å². The molecule has 0 aliphatic rings. The quantitative estimate of drug-likeness (QED) is 0.0154. The molecule has 0 aromatic heterocycles. The van der Waals surface area contributed by atoms with Gasteiger partial charge in [0.1, 0.15) is 19.8 Å². The molecule has 0 heterocycles. The molecule has 0 rings (SSSR count). The van der Waals surface area contributed by atoms with E-state index < -0.39 is 32.5 Å². The molecule has 10 heteroatoms. The van der Waals surface area contributed by atoms with Crippen molar-refractivity contribution in [2.75, 3.05) is 47.5 Å². The van der Waals surface area contributed by atoms with Crippen LogP contribution in [0, 0.1) is 0 Å². The van der Waals surface area contributed by atoms with Gasteiger partial charge in [-0.1, -0.05) is 143 Å². The summed E-state index contributed by atoms with van der Waals surface area (Å²) >= 11 is 0. The van der Waals surface area contributed by atoms with Gasteiger partial charge in [0.2, 0.25) is 0 Å². The van der Waals surface area contributed by atoms with Crippen LogP contribution < -0.4 is 4.89 Å². The molecular weight excluding hydrogens is 725 g/mol. The largest absolute Gasteiger partial charge is 0.756 e. The van der Waals surface area contributed by atoms with Gasteiger partial charge in [-0.25, -0.2) is 0 Å². The van der Waals surface area contributed by atoms with Gasteiger partial charge in [0, 0.05) is 12.8 Å². The molecule has 56 heavy (non-hydrogen) atoms. The lowest BCUT2D eigenvalue weighted by Gasteiger charge is -2.28. The topological polar surface area (TPSA) is 111 Å². The molecule has 0 amide bonds. The average Bonchev–Trinajstić information content (AvgIpc) is 3.15. The third-order valence-electron chi connectivity index (χ3n) is 8.16. The Labute approximate surface area is 341 Å². The molecule has 0 N–H and O–H groups in total. The number of carbonyl (C=O) groups is 2. The molecule has 0 radical (unpaired) electrons. The smallest absolute Gasteiger partial charge is 0.306 e. The van der Waals surface area contributed by atoms with Gasteiger partial charge in [0.15, 0.2) is 6.10 Å². The second-order valence-electron chi connectivity index (χ2n) is 14.7. The number of likely N-dealkylation sites (N-methyl/N-ethyl adjacent to an activating group) is 1. The molecule has 0 aromatic carbocycles. The fourth-order valence-corrected chi connectivity index (χ4v) is 5.62. The van der Waals surface area contributed by atoms with E-state index in [0.717, 1.165) is 83.5 Å². The molecule has 0 saturated heterocycles. The summed E-state index contributed by atoms with van der Waals surface area (Å²) < 4.78 is 33.8. The van der Waals surface area contributed by atoms with Crippen molar-refractivity contribution in [2.45, 2.75) is 136 Å². The maximum Gasteiger partial charge on any atom is 0.306 e. The van der Waals surface area contributed by atoms with Gasteiger partial charge in [-0.2, -0.15) is 0 Å². The first kappa shape index (κ1) is 52.9. The highest BCUT2D eigenvalue weighted by atomic mass is 31.2. The van der Waals surface area contributed by atoms with Crippen LogP contribution in [0.4, 0.5) is 0 Å². The molecule has 1 unspecified atom stereocenters. The van der Waals surface area contributed by atoms with Crippen molar-refractivity contribution in [3.8, 4) is 0 Å². The Balaban J connectivity index is 4.52. The van der Waals surface area contributed by atoms with Crippen molar-refractivity contribution in [3.63, 3.8) is 0 Å². The van der Waals surface area contributed by atoms with Gasteiger partial charge in [-0.3, -0.25) is 14.2 Å². The molecule has 0 bridgehead atoms. The molecule has 318 valence electrons. The first-order chi connectivity index (χ1) is 27.0. The summed E-state index contributed by atoms with van der Waals surface area (Å²) in [5.41, 5.74) is 0. The zero-order valence-corrected chi connectivity index (χ0v) is 36.4. The second-order valence-corrected chi connectivity index (χ2v) is 16.1. The Morgan fingerprint density at radius 2 is 1.09 bits per heavy atom. The lowest BCUT2D eigenvalue weighted by molar-refractivity contribution is -0.870. The lowest BCUT2D eigenvalue weighted by atomic mass is 10.1. The van der Waals surface area contributed by atoms with Crippen LogP contribution in [0.3, 0.4) is 0 Å². The fourth-order valence-electron chi connectivity index (χ4n) is 4.89. The van der Waals surface area contributed by atoms with Gasteiger partial charge >= 0.3 is 11.9 Å². The molecular formula is C46H76NO8P. The number of phosphoric acid groups is 1. The molecule has 0 fully saturated rings. The summed E-state index contributed by atoms with van der Waals surface area (Å²) in [5, 5.41) is 0. The third-order valence-corrected chi connectivity index (χ3v) is 9.13. The highest BCUT2D eigenvalue weighted by Gasteiger charge is 2.21. The van der Waals surface area contributed by atoms with Crippen molar-refractivity contribution < 1.29 is 42.1 Å². The average molecular weight is 802 g/mol. The zero-order chi connectivity index (χ0) is 41.4. The van der Waals surface area contributed by atoms with E-state index in [4.69, 9.17) is 18.5 Å². The summed E-state index contributed by atoms with van der Waals surface area (Å²) in [5.74, 6) is -0.911. The predicted molar refractivity (Wildman–Crippen MR) is 231 cm³/mol. The van der Waals surface area contributed by atoms with Crippen LogP contribution in [-0.4, -0.2) is 70.0 Å². The number of quaternary nitrogens is 1. The van der Waals surface area contributed by atoms with Crippen LogP contribution in [0.5, 0.6) is 0 Å². The van der Waals surface area contributed by atoms with Gasteiger partial charge in [-0.05, 0) is 70.6 Å². The van der Waals surface area contributed by atoms with Crippen molar-refractivity contribution in [1.29, 1.82) is 0 Å². The number of allylic oxidation sites excluding steroid dienone is 16. The number of phosphoric ester groups is 1. The minimum atomic E-state index is -4.65. The van der Waals surface area contributed by atoms with Crippen molar-refractivity contribution >= 4 is 19.8 Å². The van der Waals surface area contributed by atoms with Gasteiger partial charge < -0.3 is 27.9 Å². The van der Waals surface area contributed by atoms with E-state index >= 15 is 0 Å². The number of ether oxygens (including phenoxy) is 2. The number of esters is 2. The maximum absolute atomic E-state index is 12.7. The van der Waals surface area contributed by atoms with Crippen LogP contribution in [0.15, 0.2) is 97.2 Å². The first-order valence-corrected chi connectivity index (χ1v) is 22.5. The molecule has 0 aliphatic carbocycles. The molecule has 0 spiro atoms. The van der Waals surface area contributed by atoms with E-state index in [1.165, 1.54) is 6.42 Å². The van der Waals surface area contributed by atoms with E-state index in [2.05, 4.69) is 80.7 Å². The lowest BCUT2D eigenvalue weighted by Crippen LogP contribution is -2.37. The predicted octanol–water partition coefficient (Wildman–Crippen LogP) is 11.2. The standard InChI is InChI=1S/C46H76NO8P/c1-6-8-10-12-14-16-18-20-22-23-25-27-29-31-33-35-37-39-46(49)55-44(43-54-56(50,51)53-41-40-47(3,4)5)42-52-45(48)38-36-34-32-30-28-26-24-21-19-17-15-13-11-9-7-2/h9-13,15-19,21-24,27,29,44H,6-8,14,20,25-26,28,30-43H2,1-5H3/b11-9+,12-10+,15-13+,18-16+,19-17+,23-22+,24-21+,29-27+/t44-/m1/s1. The summed E-state index contributed by atoms with van der Waals surface area (Å²) in [6.45, 7) is 3.92. The van der Waals surface area contributed by atoms with E-state index in [1.54, 1.807) is 0 Å². The second kappa shape index (κ2) is 37.5. The molecule has 0 aliphatic heterocycles. The molecule has 2 atom stereocenters. The van der Waals surface area contributed by atoms with E-state index in [1.807, 2.05) is 51.5 Å². The number of rotatable bonds is 36. The molecule has 9 nitrogen and oxygen atoms in total. The highest BCUT2D eigenvalue weighted by Crippen LogP contribution is 2.38. The van der Waals surface area contributed by atoms with Crippen LogP contribution in [0.25, 0.3) is 0 Å². The van der Waals surface area contributed by atoms with E-state index in [-0.39, 0.29) is 26.1 Å². The van der Waals surface area contributed by atoms with Crippen LogP contribution in [-0.2, 0) is 32.7 Å². The Morgan fingerprint density at radius 3 is 1.70 bits per heavy atom. The molecule has 0 saturated carbocycles. The summed E-state index contributed by atoms with van der Waals surface area (Å²) in [4.78, 5) is 37.5. The highest BCUT2D eigenvalue weighted by molar-refractivity contribution is 7.45. The number of nitrogens with zero attached hydrogens (tertiary/aromatic N) is 1. The van der Waals surface area contributed by atoms with Gasteiger partial charge in [0.05, 0.1) is 27.7 Å². The Kier molecular flexibility index (Phi) is 35.4. The van der Waals surface area contributed by atoms with Crippen molar-refractivity contribution in [2.24, 2.45) is 0 Å². The van der Waals surface area contributed by atoms with Crippen molar-refractivity contribution in [3.05, 3.63) is 97.2 Å². The van der Waals surface area contributed by atoms with Crippen LogP contribution >= 0.6 is 7.82 Å². The van der Waals surface area contributed by atoms with Crippen molar-refractivity contribution in [1.82, 2.24) is 0 Å². The number of hydrogen-bond donors (Lipinski definition) is 0. The number of hydrogen-bond acceptors (Lipinski definition) is 8. The summed E-state index contributed by atoms with van der Waals surface area (Å²) in [6.07, 6.45) is 48.6. The first-order valence-electron chi connectivity index (χ1n) is 21.0. The SMILES string of the molecule is CC/C=C/C=C/C=C/C=C/CCCCCCCC(=O)OC[C@H](COP(=O)([O-])OCC[N+](C)(C)C)OC(=O)CCCCC/C=C/C/C=C/C/C=C/C/C=C/CCC. The Bertz CT molecular complexity index is 1270. The maximum atomic E-state index is 12.7. The number of carbonyl (C=O) groups excluding carboxylic acids is 2. The normalized spacial score (nSPS) is 14.6. The Hall–Kier alpha value is -3.07. The third kappa shape index (κ3) is 40.6. The summed E-state index contributed by atoms with van der Waals surface area (Å²) in [7, 11) is 1.11. The number of unbranched alkanes of at least 4 members (excludes halogenated alkanes) is 9. The van der Waals surface area contributed by atoms with E-state index in [0.29, 0.717) is 23.9 Å². The fraction of sp³-hybridized carbons (Fsp3) is 0.609. The molecule has 0 aromatic rings.